The molecule has 1 heterocycles. The largest absolute Gasteiger partial charge is 0.379 e. The topological polar surface area (TPSA) is 41.6 Å². The smallest absolute Gasteiger partial charge is 0.222 e. The minimum absolute atomic E-state index is 0. The Kier molecular flexibility index (Phi) is 8.93. The average molecular weight is 300 g/mol. The monoisotopic (exact) mass is 300 g/mol. The number of hydrogen-bond donors (Lipinski definition) is 1. The number of piperidine rings is 1. The van der Waals surface area contributed by atoms with E-state index in [2.05, 4.69) is 33.0 Å². The Morgan fingerprint density at radius 1 is 1.29 bits per heavy atom. The molecule has 0 aliphatic carbocycles. The summed E-state index contributed by atoms with van der Waals surface area (Å²) in [5.74, 6) is 0.321. The molecular weight excluding hydrogens is 264 g/mol. The highest BCUT2D eigenvalue weighted by Crippen LogP contribution is 2.13. The number of carbonyl (C=O) groups is 1. The minimum atomic E-state index is 0. The number of likely N-dealkylation sites (tertiary alicyclic amines) is 1. The molecule has 126 valence electrons. The van der Waals surface area contributed by atoms with Gasteiger partial charge in [0.25, 0.3) is 0 Å². The standard InChI is InChI=1S/C17H34N2O2.H2/c1-5-15(4)21-13-7-6-8-17(20)19-11-9-16(10-12-19)18-14(2)3;/h14-16,18H,5-13H2,1-4H3;1H. The van der Waals surface area contributed by atoms with Gasteiger partial charge in [-0.3, -0.25) is 4.79 Å². The van der Waals surface area contributed by atoms with E-state index in [1.54, 1.807) is 0 Å². The molecule has 1 unspecified atom stereocenters. The molecule has 1 rings (SSSR count). The van der Waals surface area contributed by atoms with Crippen LogP contribution in [-0.4, -0.2) is 48.7 Å². The van der Waals surface area contributed by atoms with Crippen molar-refractivity contribution in [3.63, 3.8) is 0 Å². The van der Waals surface area contributed by atoms with Crippen LogP contribution >= 0.6 is 0 Å². The fourth-order valence-electron chi connectivity index (χ4n) is 2.71. The number of nitrogens with one attached hydrogen (secondary N) is 1. The Balaban J connectivity index is 0.00000441. The highest BCUT2D eigenvalue weighted by molar-refractivity contribution is 5.76. The quantitative estimate of drug-likeness (QED) is 0.665. The van der Waals surface area contributed by atoms with Crippen LogP contribution in [0.5, 0.6) is 0 Å². The third-order valence-electron chi connectivity index (χ3n) is 4.18. The summed E-state index contributed by atoms with van der Waals surface area (Å²) in [4.78, 5) is 14.2. The van der Waals surface area contributed by atoms with Crippen LogP contribution in [0.4, 0.5) is 0 Å². The third-order valence-corrected chi connectivity index (χ3v) is 4.18. The molecule has 0 aromatic carbocycles. The lowest BCUT2D eigenvalue weighted by Crippen LogP contribution is -2.46. The van der Waals surface area contributed by atoms with E-state index in [1.165, 1.54) is 0 Å². The van der Waals surface area contributed by atoms with E-state index in [4.69, 9.17) is 4.74 Å². The fraction of sp³-hybridized carbons (Fsp3) is 0.941. The van der Waals surface area contributed by atoms with Gasteiger partial charge >= 0.3 is 0 Å². The Morgan fingerprint density at radius 3 is 2.52 bits per heavy atom. The first-order valence-corrected chi connectivity index (χ1v) is 8.68. The number of hydrogen-bond acceptors (Lipinski definition) is 3. The molecule has 1 fully saturated rings. The zero-order chi connectivity index (χ0) is 15.7. The molecule has 4 nitrogen and oxygen atoms in total. The Hall–Kier alpha value is -0.610. The predicted octanol–water partition coefficient (Wildman–Crippen LogP) is 3.21. The van der Waals surface area contributed by atoms with Gasteiger partial charge < -0.3 is 15.0 Å². The zero-order valence-corrected chi connectivity index (χ0v) is 14.4. The third kappa shape index (κ3) is 7.82. The second-order valence-electron chi connectivity index (χ2n) is 6.52. The lowest BCUT2D eigenvalue weighted by molar-refractivity contribution is -0.132. The minimum Gasteiger partial charge on any atom is -0.379 e. The van der Waals surface area contributed by atoms with Crippen LogP contribution in [0.2, 0.25) is 0 Å². The second-order valence-corrected chi connectivity index (χ2v) is 6.52. The molecule has 4 heteroatoms. The highest BCUT2D eigenvalue weighted by Gasteiger charge is 2.22. The Bertz CT molecular complexity index is 292. The fourth-order valence-corrected chi connectivity index (χ4v) is 2.71. The molecule has 1 aliphatic rings. The van der Waals surface area contributed by atoms with Crippen molar-refractivity contribution in [3.05, 3.63) is 0 Å². The van der Waals surface area contributed by atoms with Crippen molar-refractivity contribution in [3.8, 4) is 0 Å². The van der Waals surface area contributed by atoms with Crippen LogP contribution in [0.1, 0.15) is 67.6 Å². The first kappa shape index (κ1) is 18.4. The summed E-state index contributed by atoms with van der Waals surface area (Å²) in [7, 11) is 0. The van der Waals surface area contributed by atoms with E-state index in [1.807, 2.05) is 4.90 Å². The van der Waals surface area contributed by atoms with Gasteiger partial charge in [0.15, 0.2) is 0 Å². The van der Waals surface area contributed by atoms with Gasteiger partial charge in [-0.05, 0) is 39.0 Å². The van der Waals surface area contributed by atoms with Crippen LogP contribution in [0.15, 0.2) is 0 Å². The van der Waals surface area contributed by atoms with Crippen LogP contribution in [0, 0.1) is 0 Å². The van der Waals surface area contributed by atoms with Crippen molar-refractivity contribution in [2.24, 2.45) is 0 Å². The van der Waals surface area contributed by atoms with Crippen LogP contribution in [0.3, 0.4) is 0 Å². The number of ether oxygens (including phenoxy) is 1. The van der Waals surface area contributed by atoms with Gasteiger partial charge in [-0.2, -0.15) is 0 Å². The van der Waals surface area contributed by atoms with Crippen molar-refractivity contribution in [1.82, 2.24) is 10.2 Å². The lowest BCUT2D eigenvalue weighted by Gasteiger charge is -2.33. The zero-order valence-electron chi connectivity index (χ0n) is 14.4. The molecule has 0 aromatic heterocycles. The summed E-state index contributed by atoms with van der Waals surface area (Å²) in [6.07, 6.45) is 6.17. The molecule has 1 saturated heterocycles. The maximum atomic E-state index is 12.1. The number of nitrogens with zero attached hydrogens (tertiary/aromatic N) is 1. The molecule has 0 spiro atoms. The van der Waals surface area contributed by atoms with Gasteiger partial charge in [-0.15, -0.1) is 0 Å². The number of unbranched alkanes of at least 4 members (excludes halogenated alkanes) is 1. The van der Waals surface area contributed by atoms with Gasteiger partial charge in [0.2, 0.25) is 5.91 Å². The van der Waals surface area contributed by atoms with E-state index < -0.39 is 0 Å². The Labute approximate surface area is 132 Å². The SMILES string of the molecule is CCC(C)OCCCCC(=O)N1CCC(NC(C)C)CC1.[HH]. The summed E-state index contributed by atoms with van der Waals surface area (Å²) in [6, 6.07) is 1.11. The summed E-state index contributed by atoms with van der Waals surface area (Å²) in [5.41, 5.74) is 0. The van der Waals surface area contributed by atoms with Gasteiger partial charge in [0.1, 0.15) is 0 Å². The van der Waals surface area contributed by atoms with Crippen molar-refractivity contribution >= 4 is 5.91 Å². The molecule has 0 radical (unpaired) electrons. The number of amides is 1. The molecule has 1 amide bonds. The molecule has 0 aromatic rings. The van der Waals surface area contributed by atoms with Crippen molar-refractivity contribution in [2.75, 3.05) is 19.7 Å². The summed E-state index contributed by atoms with van der Waals surface area (Å²) in [5, 5.41) is 3.56. The van der Waals surface area contributed by atoms with Crippen molar-refractivity contribution in [1.29, 1.82) is 0 Å². The van der Waals surface area contributed by atoms with Gasteiger partial charge in [-0.25, -0.2) is 0 Å². The molecule has 0 saturated carbocycles. The van der Waals surface area contributed by atoms with E-state index in [-0.39, 0.29) is 1.43 Å². The molecule has 1 atom stereocenters. The first-order chi connectivity index (χ1) is 10.0. The molecular formula is C17H36N2O2. The van der Waals surface area contributed by atoms with Crippen LogP contribution in [0.25, 0.3) is 0 Å². The van der Waals surface area contributed by atoms with Crippen LogP contribution in [-0.2, 0) is 9.53 Å². The van der Waals surface area contributed by atoms with Crippen molar-refractivity contribution < 1.29 is 11.0 Å². The van der Waals surface area contributed by atoms with E-state index in [9.17, 15) is 4.79 Å². The molecule has 1 aliphatic heterocycles. The number of carbonyl (C=O) groups excluding carboxylic acids is 1. The van der Waals surface area contributed by atoms with E-state index in [0.29, 0.717) is 30.5 Å². The maximum Gasteiger partial charge on any atom is 0.222 e. The summed E-state index contributed by atoms with van der Waals surface area (Å²) >= 11 is 0. The lowest BCUT2D eigenvalue weighted by atomic mass is 10.0. The summed E-state index contributed by atoms with van der Waals surface area (Å²) < 4.78 is 5.64. The number of rotatable bonds is 9. The second kappa shape index (κ2) is 10.2. The predicted molar refractivity (Wildman–Crippen MR) is 89.5 cm³/mol. The highest BCUT2D eigenvalue weighted by atomic mass is 16.5. The molecule has 0 bridgehead atoms. The molecule has 1 N–H and O–H groups in total. The van der Waals surface area contributed by atoms with Crippen LogP contribution < -0.4 is 5.32 Å². The van der Waals surface area contributed by atoms with Crippen molar-refractivity contribution in [2.45, 2.75) is 84.4 Å². The normalized spacial score (nSPS) is 18.2. The van der Waals surface area contributed by atoms with Gasteiger partial charge in [0.05, 0.1) is 6.10 Å². The van der Waals surface area contributed by atoms with E-state index >= 15 is 0 Å². The average Bonchev–Trinajstić information content (AvgIpc) is 2.46. The maximum absolute atomic E-state index is 12.1. The Morgan fingerprint density at radius 2 is 1.95 bits per heavy atom. The summed E-state index contributed by atoms with van der Waals surface area (Å²) in [6.45, 7) is 11.2. The first-order valence-electron chi connectivity index (χ1n) is 8.68. The van der Waals surface area contributed by atoms with E-state index in [0.717, 1.165) is 51.8 Å². The van der Waals surface area contributed by atoms with Gasteiger partial charge in [0, 0.05) is 39.6 Å². The molecule has 21 heavy (non-hydrogen) atoms. The van der Waals surface area contributed by atoms with Gasteiger partial charge in [-0.1, -0.05) is 20.8 Å².